The molecule has 0 saturated carbocycles. The van der Waals surface area contributed by atoms with Crippen LogP contribution in [0.2, 0.25) is 0 Å². The zero-order chi connectivity index (χ0) is 23.2. The second kappa shape index (κ2) is 10.5. The van der Waals surface area contributed by atoms with E-state index in [2.05, 4.69) is 29.6 Å². The molecule has 2 aromatic carbocycles. The second-order valence-corrected chi connectivity index (χ2v) is 8.28. The number of amides is 2. The number of fused-ring (bicyclic) bond motifs is 3. The Morgan fingerprint density at radius 2 is 1.67 bits per heavy atom. The Kier molecular flexibility index (Phi) is 7.24. The van der Waals surface area contributed by atoms with Gasteiger partial charge < -0.3 is 24.8 Å². The Balaban J connectivity index is 1.13. The standard InChI is InChI=1S/C25H28N2O6/c28-23(27-12-9-17(15-27)24(29)30)10-13-32-14-11-26-25(31)33-16-22-20-7-3-1-5-18(20)19-6-2-4-8-21(19)22/h1-8,17,22H,9-16H2,(H,26,31)(H,29,30). The third-order valence-electron chi connectivity index (χ3n) is 6.21. The van der Waals surface area contributed by atoms with Crippen LogP contribution in [-0.4, -0.2) is 67.4 Å². The highest BCUT2D eigenvalue weighted by Gasteiger charge is 2.31. The number of benzene rings is 2. The maximum absolute atomic E-state index is 12.1. The lowest BCUT2D eigenvalue weighted by atomic mass is 9.98. The van der Waals surface area contributed by atoms with Gasteiger partial charge in [0.05, 0.1) is 25.6 Å². The molecule has 33 heavy (non-hydrogen) atoms. The first-order valence-corrected chi connectivity index (χ1v) is 11.2. The van der Waals surface area contributed by atoms with Gasteiger partial charge in [-0.2, -0.15) is 0 Å². The number of hydrogen-bond donors (Lipinski definition) is 2. The largest absolute Gasteiger partial charge is 0.481 e. The van der Waals surface area contributed by atoms with E-state index in [4.69, 9.17) is 14.6 Å². The summed E-state index contributed by atoms with van der Waals surface area (Å²) in [6.45, 7) is 1.74. The molecule has 0 spiro atoms. The number of aliphatic carboxylic acids is 1. The van der Waals surface area contributed by atoms with E-state index >= 15 is 0 Å². The first kappa shape index (κ1) is 22.8. The van der Waals surface area contributed by atoms with Crippen molar-refractivity contribution in [2.75, 3.05) is 39.5 Å². The third-order valence-corrected chi connectivity index (χ3v) is 6.21. The van der Waals surface area contributed by atoms with Crippen molar-refractivity contribution in [3.8, 4) is 11.1 Å². The van der Waals surface area contributed by atoms with E-state index in [1.54, 1.807) is 4.90 Å². The van der Waals surface area contributed by atoms with Crippen molar-refractivity contribution in [1.82, 2.24) is 10.2 Å². The minimum Gasteiger partial charge on any atom is -0.481 e. The topological polar surface area (TPSA) is 105 Å². The van der Waals surface area contributed by atoms with Crippen LogP contribution in [0.1, 0.15) is 29.9 Å². The average Bonchev–Trinajstić information content (AvgIpc) is 3.44. The molecule has 2 aliphatic rings. The van der Waals surface area contributed by atoms with Crippen LogP contribution in [0.25, 0.3) is 11.1 Å². The summed E-state index contributed by atoms with van der Waals surface area (Å²) in [6, 6.07) is 16.3. The minimum atomic E-state index is -0.860. The van der Waals surface area contributed by atoms with Gasteiger partial charge in [0.1, 0.15) is 6.61 Å². The molecule has 1 aliphatic heterocycles. The lowest BCUT2D eigenvalue weighted by Gasteiger charge is -2.16. The summed E-state index contributed by atoms with van der Waals surface area (Å²) in [5, 5.41) is 11.7. The van der Waals surface area contributed by atoms with Gasteiger partial charge in [-0.3, -0.25) is 9.59 Å². The van der Waals surface area contributed by atoms with Gasteiger partial charge in [-0.1, -0.05) is 48.5 Å². The van der Waals surface area contributed by atoms with Crippen molar-refractivity contribution in [2.24, 2.45) is 5.92 Å². The molecule has 8 heteroatoms. The molecule has 2 amide bonds. The maximum atomic E-state index is 12.1. The summed E-state index contributed by atoms with van der Waals surface area (Å²) in [4.78, 5) is 36.8. The fourth-order valence-electron chi connectivity index (χ4n) is 4.48. The van der Waals surface area contributed by atoms with Crippen LogP contribution in [0.15, 0.2) is 48.5 Å². The third kappa shape index (κ3) is 5.34. The zero-order valence-corrected chi connectivity index (χ0v) is 18.4. The van der Waals surface area contributed by atoms with Crippen LogP contribution >= 0.6 is 0 Å². The smallest absolute Gasteiger partial charge is 0.407 e. The molecule has 2 N–H and O–H groups in total. The molecule has 8 nitrogen and oxygen atoms in total. The first-order chi connectivity index (χ1) is 16.0. The van der Waals surface area contributed by atoms with Crippen LogP contribution in [-0.2, 0) is 19.1 Å². The van der Waals surface area contributed by atoms with Crippen molar-refractivity contribution in [2.45, 2.75) is 18.8 Å². The molecule has 1 fully saturated rings. The van der Waals surface area contributed by atoms with E-state index in [9.17, 15) is 14.4 Å². The molecule has 0 radical (unpaired) electrons. The number of likely N-dealkylation sites (tertiary alicyclic amines) is 1. The number of alkyl carbamates (subject to hydrolysis) is 1. The van der Waals surface area contributed by atoms with Crippen molar-refractivity contribution < 1.29 is 29.0 Å². The number of hydrogen-bond acceptors (Lipinski definition) is 5. The van der Waals surface area contributed by atoms with Crippen LogP contribution in [0.5, 0.6) is 0 Å². The Labute approximate surface area is 192 Å². The fraction of sp³-hybridized carbons (Fsp3) is 0.400. The van der Waals surface area contributed by atoms with E-state index in [1.807, 2.05) is 24.3 Å². The number of nitrogens with one attached hydrogen (secondary N) is 1. The van der Waals surface area contributed by atoms with Gasteiger partial charge in [-0.15, -0.1) is 0 Å². The zero-order valence-electron chi connectivity index (χ0n) is 18.4. The molecule has 1 saturated heterocycles. The predicted molar refractivity (Wildman–Crippen MR) is 121 cm³/mol. The normalized spacial score (nSPS) is 16.8. The number of carboxylic acid groups (broad SMARTS) is 1. The van der Waals surface area contributed by atoms with Crippen molar-refractivity contribution in [3.63, 3.8) is 0 Å². The molecule has 4 rings (SSSR count). The highest BCUT2D eigenvalue weighted by atomic mass is 16.5. The van der Waals surface area contributed by atoms with Crippen molar-refractivity contribution in [3.05, 3.63) is 59.7 Å². The molecule has 1 unspecified atom stereocenters. The van der Waals surface area contributed by atoms with Crippen molar-refractivity contribution >= 4 is 18.0 Å². The van der Waals surface area contributed by atoms with E-state index in [0.717, 1.165) is 11.1 Å². The maximum Gasteiger partial charge on any atom is 0.407 e. The molecular formula is C25H28N2O6. The summed E-state index contributed by atoms with van der Waals surface area (Å²) < 4.78 is 10.9. The van der Waals surface area contributed by atoms with Crippen LogP contribution in [0.4, 0.5) is 4.79 Å². The SMILES string of the molecule is O=C(NCCOCCC(=O)N1CCC(C(=O)O)C1)OCC1c2ccccc2-c2ccccc21. The highest BCUT2D eigenvalue weighted by Crippen LogP contribution is 2.44. The van der Waals surface area contributed by atoms with Gasteiger partial charge >= 0.3 is 12.1 Å². The number of carbonyl (C=O) groups is 3. The quantitative estimate of drug-likeness (QED) is 0.567. The Morgan fingerprint density at radius 1 is 1.00 bits per heavy atom. The van der Waals surface area contributed by atoms with Gasteiger partial charge in [-0.25, -0.2) is 4.79 Å². The van der Waals surface area contributed by atoms with Gasteiger partial charge in [0.2, 0.25) is 5.91 Å². The average molecular weight is 453 g/mol. The number of nitrogens with zero attached hydrogens (tertiary/aromatic N) is 1. The van der Waals surface area contributed by atoms with E-state index in [0.29, 0.717) is 13.0 Å². The number of rotatable bonds is 9. The number of carboxylic acids is 1. The fourth-order valence-corrected chi connectivity index (χ4v) is 4.48. The Bertz CT molecular complexity index is 978. The number of ether oxygens (including phenoxy) is 2. The van der Waals surface area contributed by atoms with Gasteiger partial charge in [0.25, 0.3) is 0 Å². The lowest BCUT2D eigenvalue weighted by molar-refractivity contribution is -0.141. The molecule has 1 aliphatic carbocycles. The molecule has 2 aromatic rings. The van der Waals surface area contributed by atoms with Crippen LogP contribution in [0, 0.1) is 5.92 Å². The summed E-state index contributed by atoms with van der Waals surface area (Å²) in [5.41, 5.74) is 4.68. The van der Waals surface area contributed by atoms with E-state index in [1.165, 1.54) is 11.1 Å². The summed E-state index contributed by atoms with van der Waals surface area (Å²) in [6.07, 6.45) is 0.178. The predicted octanol–water partition coefficient (Wildman–Crippen LogP) is 2.86. The Hall–Kier alpha value is -3.39. The van der Waals surface area contributed by atoms with Gasteiger partial charge in [0.15, 0.2) is 0 Å². The van der Waals surface area contributed by atoms with Gasteiger partial charge in [-0.05, 0) is 28.7 Å². The van der Waals surface area contributed by atoms with E-state index in [-0.39, 0.29) is 51.2 Å². The van der Waals surface area contributed by atoms with Crippen molar-refractivity contribution in [1.29, 1.82) is 0 Å². The summed E-state index contributed by atoms with van der Waals surface area (Å²) >= 11 is 0. The summed E-state index contributed by atoms with van der Waals surface area (Å²) in [5.74, 6) is -1.43. The van der Waals surface area contributed by atoms with Crippen LogP contribution < -0.4 is 5.32 Å². The molecule has 0 bridgehead atoms. The monoisotopic (exact) mass is 452 g/mol. The highest BCUT2D eigenvalue weighted by molar-refractivity contribution is 5.79. The van der Waals surface area contributed by atoms with E-state index < -0.39 is 18.0 Å². The summed E-state index contributed by atoms with van der Waals surface area (Å²) in [7, 11) is 0. The second-order valence-electron chi connectivity index (χ2n) is 8.28. The molecule has 1 heterocycles. The molecule has 1 atom stereocenters. The minimum absolute atomic E-state index is 0.0109. The lowest BCUT2D eigenvalue weighted by Crippen LogP contribution is -2.31. The van der Waals surface area contributed by atoms with Crippen LogP contribution in [0.3, 0.4) is 0 Å². The molecule has 174 valence electrons. The molecular weight excluding hydrogens is 424 g/mol. The molecule has 0 aromatic heterocycles. The first-order valence-electron chi connectivity index (χ1n) is 11.2. The Morgan fingerprint density at radius 3 is 2.30 bits per heavy atom. The number of carbonyl (C=O) groups excluding carboxylic acids is 2. The van der Waals surface area contributed by atoms with Gasteiger partial charge in [0, 0.05) is 25.6 Å².